The zero-order valence-electron chi connectivity index (χ0n) is 6.07. The Kier molecular flexibility index (Phi) is 3.68. The zero-order valence-corrected chi connectivity index (χ0v) is 7.64. The van der Waals surface area contributed by atoms with Gasteiger partial charge in [-0.1, -0.05) is 41.9 Å². The van der Waals surface area contributed by atoms with E-state index in [0.29, 0.717) is 0 Å². The molecule has 0 aliphatic carbocycles. The minimum atomic E-state index is -2.33. The molecule has 3 nitrogen and oxygen atoms in total. The van der Waals surface area contributed by atoms with E-state index in [1.54, 1.807) is 24.3 Å². The Labute approximate surface area is 78.2 Å². The molecular formula is C7H7ClNO2S-. The second-order valence-electron chi connectivity index (χ2n) is 2.13. The van der Waals surface area contributed by atoms with Crippen molar-refractivity contribution in [3.63, 3.8) is 0 Å². The Hall–Kier alpha value is -0.420. The van der Waals surface area contributed by atoms with Crippen LogP contribution in [0.2, 0.25) is 0 Å². The van der Waals surface area contributed by atoms with Crippen molar-refractivity contribution in [1.82, 2.24) is 4.72 Å². The maximum absolute atomic E-state index is 10.2. The van der Waals surface area contributed by atoms with Gasteiger partial charge in [0.2, 0.25) is 0 Å². The normalized spacial score (nSPS) is 15.5. The highest BCUT2D eigenvalue weighted by Crippen LogP contribution is 2.16. The van der Waals surface area contributed by atoms with Crippen molar-refractivity contribution < 1.29 is 8.76 Å². The van der Waals surface area contributed by atoms with Gasteiger partial charge in [-0.25, -0.2) is 4.72 Å². The van der Waals surface area contributed by atoms with E-state index in [-0.39, 0.29) is 0 Å². The molecule has 0 aromatic heterocycles. The third-order valence-corrected chi connectivity index (χ3v) is 2.21. The average Bonchev–Trinajstić information content (AvgIpc) is 2.05. The molecule has 1 aromatic carbocycles. The lowest BCUT2D eigenvalue weighted by molar-refractivity contribution is 0.521. The van der Waals surface area contributed by atoms with Gasteiger partial charge in [-0.05, 0) is 5.56 Å². The van der Waals surface area contributed by atoms with Crippen LogP contribution in [0.4, 0.5) is 0 Å². The molecule has 2 unspecified atom stereocenters. The summed E-state index contributed by atoms with van der Waals surface area (Å²) in [6, 6.07) is 8.91. The average molecular weight is 205 g/mol. The fourth-order valence-corrected chi connectivity index (χ4v) is 1.44. The van der Waals surface area contributed by atoms with E-state index >= 15 is 0 Å². The molecule has 0 spiro atoms. The van der Waals surface area contributed by atoms with Crippen LogP contribution >= 0.6 is 11.6 Å². The summed E-state index contributed by atoms with van der Waals surface area (Å²) in [6.45, 7) is 0. The Morgan fingerprint density at radius 2 is 2.00 bits per heavy atom. The molecule has 0 aliphatic rings. The number of hydrogen-bond donors (Lipinski definition) is 1. The number of alkyl halides is 1. The monoisotopic (exact) mass is 204 g/mol. The Morgan fingerprint density at radius 3 is 2.50 bits per heavy atom. The van der Waals surface area contributed by atoms with E-state index in [0.717, 1.165) is 5.56 Å². The molecule has 0 bridgehead atoms. The first-order valence-corrected chi connectivity index (χ1v) is 4.76. The van der Waals surface area contributed by atoms with Crippen molar-refractivity contribution in [2.45, 2.75) is 5.50 Å². The molecule has 5 heteroatoms. The highest BCUT2D eigenvalue weighted by molar-refractivity contribution is 7.77. The Morgan fingerprint density at radius 1 is 1.42 bits per heavy atom. The number of nitrogens with one attached hydrogen (secondary N) is 1. The standard InChI is InChI=1S/C7H8ClNO2S/c8-7(9-12(10)11)6-4-2-1-3-5-6/h1-5,7,9H,(H,10,11)/p-1. The third kappa shape index (κ3) is 2.91. The maximum Gasteiger partial charge on any atom is 0.118 e. The zero-order chi connectivity index (χ0) is 8.97. The van der Waals surface area contributed by atoms with Gasteiger partial charge >= 0.3 is 0 Å². The first-order chi connectivity index (χ1) is 5.70. The highest BCUT2D eigenvalue weighted by Gasteiger charge is 2.04. The van der Waals surface area contributed by atoms with Gasteiger partial charge < -0.3 is 4.55 Å². The van der Waals surface area contributed by atoms with Crippen LogP contribution in [0.3, 0.4) is 0 Å². The van der Waals surface area contributed by atoms with E-state index in [4.69, 9.17) is 11.6 Å². The van der Waals surface area contributed by atoms with Crippen LogP contribution in [-0.4, -0.2) is 8.76 Å². The lowest BCUT2D eigenvalue weighted by Gasteiger charge is -2.13. The van der Waals surface area contributed by atoms with E-state index < -0.39 is 16.8 Å². The van der Waals surface area contributed by atoms with E-state index in [9.17, 15) is 8.76 Å². The second-order valence-corrected chi connectivity index (χ2v) is 3.27. The fraction of sp³-hybridized carbons (Fsp3) is 0.143. The summed E-state index contributed by atoms with van der Waals surface area (Å²) in [6.07, 6.45) is 0. The summed E-state index contributed by atoms with van der Waals surface area (Å²) in [5, 5.41) is 0. The third-order valence-electron chi connectivity index (χ3n) is 1.29. The molecule has 66 valence electrons. The number of rotatable bonds is 3. The molecule has 2 atom stereocenters. The van der Waals surface area contributed by atoms with Crippen LogP contribution in [0.1, 0.15) is 11.1 Å². The van der Waals surface area contributed by atoms with Crippen molar-refractivity contribution in [3.05, 3.63) is 35.9 Å². The summed E-state index contributed by atoms with van der Waals surface area (Å²) < 4.78 is 22.5. The number of benzene rings is 1. The predicted octanol–water partition coefficient (Wildman–Crippen LogP) is 1.31. The number of hydrogen-bond acceptors (Lipinski definition) is 2. The topological polar surface area (TPSA) is 52.2 Å². The van der Waals surface area contributed by atoms with Gasteiger partial charge in [0.1, 0.15) is 5.50 Å². The van der Waals surface area contributed by atoms with Gasteiger partial charge in [-0.15, -0.1) is 0 Å². The van der Waals surface area contributed by atoms with Crippen molar-refractivity contribution in [2.75, 3.05) is 0 Å². The molecule has 0 radical (unpaired) electrons. The second kappa shape index (κ2) is 4.57. The van der Waals surface area contributed by atoms with E-state index in [1.807, 2.05) is 6.07 Å². The largest absolute Gasteiger partial charge is 0.760 e. The van der Waals surface area contributed by atoms with Crippen LogP contribution in [-0.2, 0) is 11.3 Å². The summed E-state index contributed by atoms with van der Waals surface area (Å²) >= 11 is 3.37. The smallest absolute Gasteiger partial charge is 0.118 e. The minimum Gasteiger partial charge on any atom is -0.760 e. The van der Waals surface area contributed by atoms with Crippen LogP contribution in [0.15, 0.2) is 30.3 Å². The molecule has 0 amide bonds. The molecule has 1 N–H and O–H groups in total. The lowest BCUT2D eigenvalue weighted by atomic mass is 10.2. The molecule has 1 rings (SSSR count). The molecule has 0 saturated heterocycles. The molecule has 12 heavy (non-hydrogen) atoms. The van der Waals surface area contributed by atoms with Crippen LogP contribution in [0, 0.1) is 0 Å². The molecule has 1 aromatic rings. The van der Waals surface area contributed by atoms with Crippen molar-refractivity contribution in [2.24, 2.45) is 0 Å². The first-order valence-electron chi connectivity index (χ1n) is 3.24. The summed E-state index contributed by atoms with van der Waals surface area (Å²) in [4.78, 5) is 0. The predicted molar refractivity (Wildman–Crippen MR) is 47.1 cm³/mol. The SMILES string of the molecule is O=S([O-])NC(Cl)c1ccccc1. The molecule has 0 saturated carbocycles. The van der Waals surface area contributed by atoms with E-state index in [2.05, 4.69) is 4.72 Å². The quantitative estimate of drug-likeness (QED) is 0.459. The lowest BCUT2D eigenvalue weighted by Crippen LogP contribution is -2.18. The molecular weight excluding hydrogens is 198 g/mol. The molecule has 0 heterocycles. The van der Waals surface area contributed by atoms with Gasteiger partial charge in [0.15, 0.2) is 0 Å². The Balaban J connectivity index is 2.65. The van der Waals surface area contributed by atoms with Crippen LogP contribution < -0.4 is 4.72 Å². The van der Waals surface area contributed by atoms with Crippen LogP contribution in [0.25, 0.3) is 0 Å². The van der Waals surface area contributed by atoms with Gasteiger partial charge in [0.05, 0.1) is 0 Å². The van der Waals surface area contributed by atoms with Crippen molar-refractivity contribution in [1.29, 1.82) is 0 Å². The van der Waals surface area contributed by atoms with Gasteiger partial charge in [-0.2, -0.15) is 0 Å². The van der Waals surface area contributed by atoms with Gasteiger partial charge in [0.25, 0.3) is 0 Å². The van der Waals surface area contributed by atoms with Crippen molar-refractivity contribution in [3.8, 4) is 0 Å². The van der Waals surface area contributed by atoms with Gasteiger partial charge in [-0.3, -0.25) is 4.21 Å². The minimum absolute atomic E-state index is 0.690. The fourth-order valence-electron chi connectivity index (χ4n) is 0.775. The Bertz CT molecular complexity index is 267. The van der Waals surface area contributed by atoms with Crippen LogP contribution in [0.5, 0.6) is 0 Å². The first kappa shape index (κ1) is 9.67. The van der Waals surface area contributed by atoms with E-state index in [1.165, 1.54) is 0 Å². The van der Waals surface area contributed by atoms with Gasteiger partial charge in [0, 0.05) is 11.3 Å². The molecule has 0 fully saturated rings. The van der Waals surface area contributed by atoms with Crippen molar-refractivity contribution >= 4 is 22.9 Å². The molecule has 0 aliphatic heterocycles. The summed E-state index contributed by atoms with van der Waals surface area (Å²) in [7, 11) is 0. The number of halogens is 1. The summed E-state index contributed by atoms with van der Waals surface area (Å²) in [5.74, 6) is 0. The maximum atomic E-state index is 10.2. The highest BCUT2D eigenvalue weighted by atomic mass is 35.5. The summed E-state index contributed by atoms with van der Waals surface area (Å²) in [5.41, 5.74) is 0.0351.